The van der Waals surface area contributed by atoms with Crippen molar-refractivity contribution in [2.24, 2.45) is 4.99 Å². The van der Waals surface area contributed by atoms with Crippen LogP contribution in [0.2, 0.25) is 5.02 Å². The number of nitrogens with zero attached hydrogens (tertiary/aromatic N) is 2. The summed E-state index contributed by atoms with van der Waals surface area (Å²) in [5.41, 5.74) is 0.902. The van der Waals surface area contributed by atoms with E-state index in [1.165, 1.54) is 6.07 Å². The van der Waals surface area contributed by atoms with Crippen molar-refractivity contribution in [2.75, 3.05) is 0 Å². The first-order chi connectivity index (χ1) is 12.6. The van der Waals surface area contributed by atoms with Gasteiger partial charge >= 0.3 is 0 Å². The third kappa shape index (κ3) is 4.43. The molecule has 0 bridgehead atoms. The summed E-state index contributed by atoms with van der Waals surface area (Å²) in [6, 6.07) is 6.95. The Morgan fingerprint density at radius 1 is 1.38 bits per heavy atom. The Morgan fingerprint density at radius 3 is 3.00 bits per heavy atom. The molecule has 0 N–H and O–H groups in total. The second-order valence-corrected chi connectivity index (χ2v) is 7.02. The molecular weight excluding hydrogens is 351 g/mol. The fourth-order valence-corrected chi connectivity index (χ4v) is 3.31. The molecule has 1 aliphatic rings. The van der Waals surface area contributed by atoms with Crippen molar-refractivity contribution >= 4 is 30.6 Å². The quantitative estimate of drug-likeness (QED) is 0.695. The Balaban J connectivity index is 1.66. The predicted molar refractivity (Wildman–Crippen MR) is 105 cm³/mol. The Labute approximate surface area is 158 Å². The molecule has 1 fully saturated rings. The summed E-state index contributed by atoms with van der Waals surface area (Å²) >= 11 is 5.74. The molecule has 26 heavy (non-hydrogen) atoms. The first kappa shape index (κ1) is 18.9. The minimum absolute atomic E-state index is 0.0357. The maximum Gasteiger partial charge on any atom is 0.142 e. The summed E-state index contributed by atoms with van der Waals surface area (Å²) in [4.78, 5) is 4.33. The van der Waals surface area contributed by atoms with Crippen molar-refractivity contribution in [3.05, 3.63) is 57.4 Å². The molecular formula is C21H24ClFN2O. The van der Waals surface area contributed by atoms with Crippen molar-refractivity contribution in [3.8, 4) is 0 Å². The zero-order valence-corrected chi connectivity index (χ0v) is 15.8. The molecule has 3 nitrogen and oxygen atoms in total. The highest BCUT2D eigenvalue weighted by molar-refractivity contribution is 6.30. The van der Waals surface area contributed by atoms with Crippen molar-refractivity contribution < 1.29 is 9.13 Å². The fourth-order valence-electron chi connectivity index (χ4n) is 3.19. The van der Waals surface area contributed by atoms with Gasteiger partial charge in [-0.15, -0.1) is 0 Å². The topological polar surface area (TPSA) is 26.5 Å². The second kappa shape index (κ2) is 8.65. The van der Waals surface area contributed by atoms with E-state index in [4.69, 9.17) is 16.3 Å². The smallest absolute Gasteiger partial charge is 0.142 e. The average Bonchev–Trinajstić information content (AvgIpc) is 3.22. The zero-order valence-electron chi connectivity index (χ0n) is 15.0. The van der Waals surface area contributed by atoms with Crippen molar-refractivity contribution in [1.82, 2.24) is 4.57 Å². The number of unbranched alkanes of at least 4 members (excludes halogenated alkanes) is 1. The summed E-state index contributed by atoms with van der Waals surface area (Å²) in [6.45, 7) is 6.29. The van der Waals surface area contributed by atoms with Crippen LogP contribution in [0.25, 0.3) is 12.8 Å². The summed E-state index contributed by atoms with van der Waals surface area (Å²) in [5.74, 6) is -0.382. The molecule has 0 radical (unpaired) electrons. The van der Waals surface area contributed by atoms with E-state index in [0.29, 0.717) is 6.42 Å². The van der Waals surface area contributed by atoms with E-state index in [1.807, 2.05) is 30.7 Å². The molecule has 0 aliphatic carbocycles. The van der Waals surface area contributed by atoms with Gasteiger partial charge < -0.3 is 9.30 Å². The standard InChI is InChI=1S/C21H24ClFN2O/c1-3-4-10-24-14-17-9-11-25(15(17)2)21-8-6-18(26-21)12-16-5-7-19(22)20(23)13-16/h5,7,9-11,13-14,18,21H,2-4,6,8,12H2,1H3/b17-14-,24-10?. The lowest BCUT2D eigenvalue weighted by atomic mass is 10.1. The number of benzene rings is 1. The van der Waals surface area contributed by atoms with Crippen LogP contribution in [0.1, 0.15) is 44.4 Å². The molecule has 2 atom stereocenters. The highest BCUT2D eigenvalue weighted by atomic mass is 35.5. The molecule has 2 unspecified atom stereocenters. The van der Waals surface area contributed by atoms with E-state index in [-0.39, 0.29) is 23.2 Å². The van der Waals surface area contributed by atoms with Crippen LogP contribution >= 0.6 is 11.6 Å². The van der Waals surface area contributed by atoms with Gasteiger partial charge in [0.05, 0.1) is 11.1 Å². The van der Waals surface area contributed by atoms with Gasteiger partial charge in [0.15, 0.2) is 0 Å². The summed E-state index contributed by atoms with van der Waals surface area (Å²) in [6.07, 6.45) is 10.4. The monoisotopic (exact) mass is 374 g/mol. The van der Waals surface area contributed by atoms with Gasteiger partial charge in [0.2, 0.25) is 0 Å². The Kier molecular flexibility index (Phi) is 6.28. The highest BCUT2D eigenvalue weighted by Crippen LogP contribution is 2.29. The van der Waals surface area contributed by atoms with Gasteiger partial charge in [-0.3, -0.25) is 4.99 Å². The molecule has 1 aromatic carbocycles. The molecule has 138 valence electrons. The third-order valence-electron chi connectivity index (χ3n) is 4.64. The largest absolute Gasteiger partial charge is 0.354 e. The van der Waals surface area contributed by atoms with E-state index in [9.17, 15) is 4.39 Å². The van der Waals surface area contributed by atoms with Gasteiger partial charge in [-0.2, -0.15) is 0 Å². The normalized spacial score (nSPS) is 21.1. The zero-order chi connectivity index (χ0) is 18.5. The maximum absolute atomic E-state index is 13.6. The summed E-state index contributed by atoms with van der Waals surface area (Å²) < 4.78 is 21.8. The second-order valence-electron chi connectivity index (χ2n) is 6.62. The molecule has 0 spiro atoms. The van der Waals surface area contributed by atoms with E-state index < -0.39 is 0 Å². The number of hydrogen-bond acceptors (Lipinski definition) is 2. The molecule has 2 heterocycles. The Hall–Kier alpha value is -1.91. The lowest BCUT2D eigenvalue weighted by Gasteiger charge is -2.16. The van der Waals surface area contributed by atoms with Gasteiger partial charge in [0.1, 0.15) is 12.0 Å². The first-order valence-electron chi connectivity index (χ1n) is 9.05. The van der Waals surface area contributed by atoms with Gasteiger partial charge in [0, 0.05) is 29.2 Å². The lowest BCUT2D eigenvalue weighted by molar-refractivity contribution is 0.00135. The van der Waals surface area contributed by atoms with Crippen LogP contribution in [0.15, 0.2) is 35.5 Å². The average molecular weight is 375 g/mol. The number of rotatable bonds is 6. The molecule has 1 saturated heterocycles. The van der Waals surface area contributed by atoms with Gasteiger partial charge in [-0.25, -0.2) is 4.39 Å². The Morgan fingerprint density at radius 2 is 2.23 bits per heavy atom. The minimum Gasteiger partial charge on any atom is -0.354 e. The van der Waals surface area contributed by atoms with Crippen molar-refractivity contribution in [3.63, 3.8) is 0 Å². The van der Waals surface area contributed by atoms with Crippen LogP contribution in [-0.2, 0) is 11.2 Å². The minimum atomic E-state index is -0.382. The molecule has 1 aliphatic heterocycles. The van der Waals surface area contributed by atoms with Crippen LogP contribution < -0.4 is 10.6 Å². The number of ether oxygens (including phenoxy) is 1. The van der Waals surface area contributed by atoms with E-state index >= 15 is 0 Å². The number of aliphatic imine (C=N–C) groups is 1. The highest BCUT2D eigenvalue weighted by Gasteiger charge is 2.26. The number of hydrogen-bond donors (Lipinski definition) is 0. The molecule has 0 saturated carbocycles. The van der Waals surface area contributed by atoms with Gasteiger partial charge in [0.25, 0.3) is 0 Å². The van der Waals surface area contributed by atoms with Gasteiger partial charge in [-0.1, -0.05) is 37.6 Å². The number of halogens is 2. The van der Waals surface area contributed by atoms with Crippen molar-refractivity contribution in [2.45, 2.75) is 51.4 Å². The van der Waals surface area contributed by atoms with Crippen LogP contribution in [0.4, 0.5) is 4.39 Å². The first-order valence-corrected chi connectivity index (χ1v) is 9.43. The molecule has 0 amide bonds. The summed E-state index contributed by atoms with van der Waals surface area (Å²) in [7, 11) is 0. The van der Waals surface area contributed by atoms with Crippen LogP contribution in [0.5, 0.6) is 0 Å². The third-order valence-corrected chi connectivity index (χ3v) is 4.95. The number of aromatic nitrogens is 1. The summed E-state index contributed by atoms with van der Waals surface area (Å²) in [5, 5.41) is 2.06. The molecule has 3 rings (SSSR count). The SMILES string of the molecule is C=c1/c(=C\N=CCCC)ccn1C1CCC(Cc2ccc(Cl)c(F)c2)O1. The Bertz CT molecular complexity index is 890. The maximum atomic E-state index is 13.6. The van der Waals surface area contributed by atoms with Crippen LogP contribution in [0, 0.1) is 5.82 Å². The van der Waals surface area contributed by atoms with E-state index in [2.05, 4.69) is 23.1 Å². The predicted octanol–water partition coefficient (Wildman–Crippen LogP) is 4.22. The van der Waals surface area contributed by atoms with Crippen molar-refractivity contribution in [1.29, 1.82) is 0 Å². The van der Waals surface area contributed by atoms with E-state index in [1.54, 1.807) is 6.07 Å². The van der Waals surface area contributed by atoms with E-state index in [0.717, 1.165) is 41.8 Å². The van der Waals surface area contributed by atoms with Gasteiger partial charge in [-0.05, 0) is 49.4 Å². The molecule has 1 aromatic heterocycles. The molecule has 2 aromatic rings. The molecule has 5 heteroatoms. The fraction of sp³-hybridized carbons (Fsp3) is 0.381. The lowest BCUT2D eigenvalue weighted by Crippen LogP contribution is -2.30. The van der Waals surface area contributed by atoms with Crippen LogP contribution in [0.3, 0.4) is 0 Å². The van der Waals surface area contributed by atoms with Crippen LogP contribution in [-0.4, -0.2) is 16.9 Å².